The van der Waals surface area contributed by atoms with Crippen LogP contribution in [0.5, 0.6) is 0 Å². The van der Waals surface area contributed by atoms with Crippen molar-refractivity contribution in [1.82, 2.24) is 5.32 Å². The van der Waals surface area contributed by atoms with Gasteiger partial charge in [0.05, 0.1) is 17.9 Å². The number of amides is 2. The molecule has 0 spiro atoms. The molecule has 1 N–H and O–H groups in total. The van der Waals surface area contributed by atoms with Crippen LogP contribution in [-0.4, -0.2) is 39.1 Å². The van der Waals surface area contributed by atoms with Gasteiger partial charge in [0.25, 0.3) is 11.8 Å². The van der Waals surface area contributed by atoms with Crippen LogP contribution < -0.4 is 10.2 Å². The van der Waals surface area contributed by atoms with Gasteiger partial charge in [-0.1, -0.05) is 11.6 Å². The van der Waals surface area contributed by atoms with Crippen molar-refractivity contribution in [2.45, 2.75) is 0 Å². The number of methoxy groups -OCH3 is 1. The van der Waals surface area contributed by atoms with Gasteiger partial charge < -0.3 is 15.0 Å². The summed E-state index contributed by atoms with van der Waals surface area (Å²) in [6, 6.07) is 6.73. The van der Waals surface area contributed by atoms with Crippen molar-refractivity contribution < 1.29 is 14.3 Å². The van der Waals surface area contributed by atoms with Gasteiger partial charge in [0, 0.05) is 31.3 Å². The Labute approximate surface area is 132 Å². The summed E-state index contributed by atoms with van der Waals surface area (Å²) in [4.78, 5) is 25.9. The number of anilines is 1. The molecule has 0 saturated carbocycles. The number of nitrogens with one attached hydrogen (secondary N) is 1. The zero-order valence-corrected chi connectivity index (χ0v) is 12.9. The first-order valence-electron chi connectivity index (χ1n) is 6.50. The molecule has 22 heavy (non-hydrogen) atoms. The average Bonchev–Trinajstić information content (AvgIpc) is 2.73. The highest BCUT2D eigenvalue weighted by Gasteiger charge is 2.34. The third-order valence-corrected chi connectivity index (χ3v) is 3.52. The lowest BCUT2D eigenvalue weighted by Crippen LogP contribution is -2.30. The smallest absolute Gasteiger partial charge is 0.262 e. The summed E-state index contributed by atoms with van der Waals surface area (Å²) >= 11 is 5.96. The SMILES string of the molecule is COCCNC(=O)C(C#N)=C1C(=O)N(C)c2ccc(Cl)cc21. The number of benzene rings is 1. The van der Waals surface area contributed by atoms with E-state index in [0.29, 0.717) is 22.9 Å². The molecule has 0 saturated heterocycles. The van der Waals surface area contributed by atoms with E-state index in [-0.39, 0.29) is 17.7 Å². The molecule has 1 heterocycles. The number of fused-ring (bicyclic) bond motifs is 1. The summed E-state index contributed by atoms with van der Waals surface area (Å²) in [5, 5.41) is 12.3. The molecule has 0 aromatic heterocycles. The van der Waals surface area contributed by atoms with Gasteiger partial charge in [-0.25, -0.2) is 0 Å². The molecule has 114 valence electrons. The van der Waals surface area contributed by atoms with Crippen molar-refractivity contribution in [2.75, 3.05) is 32.2 Å². The summed E-state index contributed by atoms with van der Waals surface area (Å²) < 4.78 is 4.83. The van der Waals surface area contributed by atoms with Crippen molar-refractivity contribution in [2.24, 2.45) is 0 Å². The first-order valence-corrected chi connectivity index (χ1v) is 6.88. The van der Waals surface area contributed by atoms with Gasteiger partial charge >= 0.3 is 0 Å². The number of rotatable bonds is 4. The van der Waals surface area contributed by atoms with Crippen molar-refractivity contribution in [3.05, 3.63) is 34.4 Å². The summed E-state index contributed by atoms with van der Waals surface area (Å²) in [5.41, 5.74) is 0.937. The molecule has 0 bridgehead atoms. The summed E-state index contributed by atoms with van der Waals surface area (Å²) in [6.07, 6.45) is 0. The second-order valence-corrected chi connectivity index (χ2v) is 5.07. The maximum Gasteiger partial charge on any atom is 0.262 e. The van der Waals surface area contributed by atoms with Gasteiger partial charge in [-0.3, -0.25) is 9.59 Å². The Morgan fingerprint density at radius 2 is 2.23 bits per heavy atom. The third-order valence-electron chi connectivity index (χ3n) is 3.29. The van der Waals surface area contributed by atoms with Crippen molar-refractivity contribution >= 4 is 34.7 Å². The zero-order valence-electron chi connectivity index (χ0n) is 12.1. The minimum absolute atomic E-state index is 0.0671. The molecule has 1 aromatic rings. The Hall–Kier alpha value is -2.36. The maximum atomic E-state index is 12.4. The number of ether oxygens (including phenoxy) is 1. The Morgan fingerprint density at radius 1 is 1.50 bits per heavy atom. The average molecular weight is 320 g/mol. The lowest BCUT2D eigenvalue weighted by atomic mass is 10.0. The van der Waals surface area contributed by atoms with Crippen LogP contribution in [-0.2, 0) is 14.3 Å². The van der Waals surface area contributed by atoms with Gasteiger partial charge in [-0.05, 0) is 18.2 Å². The lowest BCUT2D eigenvalue weighted by Gasteiger charge is -2.08. The lowest BCUT2D eigenvalue weighted by molar-refractivity contribution is -0.118. The molecule has 1 aliphatic rings. The molecule has 6 nitrogen and oxygen atoms in total. The number of hydrogen-bond donors (Lipinski definition) is 1. The number of halogens is 1. The second kappa shape index (κ2) is 6.60. The third kappa shape index (κ3) is 2.82. The van der Waals surface area contributed by atoms with Gasteiger partial charge in [0.15, 0.2) is 0 Å². The van der Waals surface area contributed by atoms with Gasteiger partial charge in [0.1, 0.15) is 11.6 Å². The molecule has 1 aromatic carbocycles. The van der Waals surface area contributed by atoms with Crippen molar-refractivity contribution in [1.29, 1.82) is 5.26 Å². The van der Waals surface area contributed by atoms with Crippen LogP contribution in [0.2, 0.25) is 5.02 Å². The number of nitrogens with zero attached hydrogens (tertiary/aromatic N) is 2. The standard InChI is InChI=1S/C15H14ClN3O3/c1-19-12-4-3-9(16)7-10(12)13(15(19)21)11(8-17)14(20)18-5-6-22-2/h3-4,7H,5-6H2,1-2H3,(H,18,20). The zero-order chi connectivity index (χ0) is 16.3. The van der Waals surface area contributed by atoms with E-state index in [4.69, 9.17) is 16.3 Å². The molecule has 0 fully saturated rings. The Balaban J connectivity index is 2.48. The van der Waals surface area contributed by atoms with Crippen LogP contribution in [0.1, 0.15) is 5.56 Å². The van der Waals surface area contributed by atoms with E-state index < -0.39 is 11.8 Å². The van der Waals surface area contributed by atoms with Gasteiger partial charge in [0.2, 0.25) is 0 Å². The number of carbonyl (C=O) groups is 2. The number of carbonyl (C=O) groups excluding carboxylic acids is 2. The number of hydrogen-bond acceptors (Lipinski definition) is 4. The van der Waals surface area contributed by atoms with E-state index >= 15 is 0 Å². The molecule has 1 aliphatic heterocycles. The summed E-state index contributed by atoms with van der Waals surface area (Å²) in [6.45, 7) is 0.566. The molecular weight excluding hydrogens is 306 g/mol. The number of nitriles is 1. The van der Waals surface area contributed by atoms with Crippen LogP contribution in [0.4, 0.5) is 5.69 Å². The summed E-state index contributed by atoms with van der Waals surface area (Å²) in [5.74, 6) is -1.01. The first-order chi connectivity index (χ1) is 10.5. The minimum Gasteiger partial charge on any atom is -0.383 e. The van der Waals surface area contributed by atoms with E-state index in [1.54, 1.807) is 25.2 Å². The first kappa shape index (κ1) is 16.0. The maximum absolute atomic E-state index is 12.4. The summed E-state index contributed by atoms with van der Waals surface area (Å²) in [7, 11) is 3.09. The molecule has 0 atom stereocenters. The molecule has 7 heteroatoms. The van der Waals surface area contributed by atoms with Crippen LogP contribution in [0.3, 0.4) is 0 Å². The topological polar surface area (TPSA) is 82.4 Å². The Bertz CT molecular complexity index is 706. The highest BCUT2D eigenvalue weighted by Crippen LogP contribution is 2.38. The minimum atomic E-state index is -0.607. The Morgan fingerprint density at radius 3 is 2.86 bits per heavy atom. The van der Waals surface area contributed by atoms with Crippen molar-refractivity contribution in [3.8, 4) is 6.07 Å². The molecule has 2 amide bonds. The van der Waals surface area contributed by atoms with E-state index in [9.17, 15) is 14.9 Å². The second-order valence-electron chi connectivity index (χ2n) is 4.64. The van der Waals surface area contributed by atoms with Crippen LogP contribution >= 0.6 is 11.6 Å². The largest absolute Gasteiger partial charge is 0.383 e. The van der Waals surface area contributed by atoms with Crippen LogP contribution in [0.15, 0.2) is 23.8 Å². The number of likely N-dealkylation sites (N-methyl/N-ethyl adjacent to an activating group) is 1. The van der Waals surface area contributed by atoms with E-state index in [1.807, 2.05) is 6.07 Å². The predicted molar refractivity (Wildman–Crippen MR) is 82.3 cm³/mol. The molecule has 2 rings (SSSR count). The van der Waals surface area contributed by atoms with Gasteiger partial charge in [-0.15, -0.1) is 0 Å². The quantitative estimate of drug-likeness (QED) is 0.516. The van der Waals surface area contributed by atoms with E-state index in [1.165, 1.54) is 12.0 Å². The fourth-order valence-electron chi connectivity index (χ4n) is 2.21. The molecule has 0 radical (unpaired) electrons. The molecule has 0 aliphatic carbocycles. The van der Waals surface area contributed by atoms with E-state index in [2.05, 4.69) is 5.32 Å². The highest BCUT2D eigenvalue weighted by atomic mass is 35.5. The highest BCUT2D eigenvalue weighted by molar-refractivity contribution is 6.38. The van der Waals surface area contributed by atoms with Crippen LogP contribution in [0.25, 0.3) is 5.57 Å². The fourth-order valence-corrected chi connectivity index (χ4v) is 2.38. The van der Waals surface area contributed by atoms with E-state index in [0.717, 1.165) is 0 Å². The molecular formula is C15H14ClN3O3. The monoisotopic (exact) mass is 319 g/mol. The predicted octanol–water partition coefficient (Wildman–Crippen LogP) is 1.36. The van der Waals surface area contributed by atoms with Gasteiger partial charge in [-0.2, -0.15) is 5.26 Å². The normalized spacial score (nSPS) is 15.4. The fraction of sp³-hybridized carbons (Fsp3) is 0.267. The molecule has 0 unspecified atom stereocenters. The Kier molecular flexibility index (Phi) is 4.81. The van der Waals surface area contributed by atoms with Crippen LogP contribution in [0, 0.1) is 11.3 Å². The van der Waals surface area contributed by atoms with Crippen molar-refractivity contribution in [3.63, 3.8) is 0 Å².